The molecule has 30 heavy (non-hydrogen) atoms. The van der Waals surface area contributed by atoms with E-state index >= 15 is 0 Å². The van der Waals surface area contributed by atoms with Crippen molar-refractivity contribution >= 4 is 17.3 Å². The quantitative estimate of drug-likeness (QED) is 0.316. The molecule has 0 unspecified atom stereocenters. The summed E-state index contributed by atoms with van der Waals surface area (Å²) in [6, 6.07) is 14.2. The van der Waals surface area contributed by atoms with Gasteiger partial charge in [-0.25, -0.2) is 9.13 Å². The Morgan fingerprint density at radius 3 is 2.17 bits per heavy atom. The van der Waals surface area contributed by atoms with Gasteiger partial charge >= 0.3 is 0 Å². The molecule has 6 heteroatoms. The van der Waals surface area contributed by atoms with Crippen LogP contribution in [0.15, 0.2) is 54.9 Å². The van der Waals surface area contributed by atoms with Crippen LogP contribution in [-0.4, -0.2) is 21.9 Å². The van der Waals surface area contributed by atoms with Gasteiger partial charge < -0.3 is 17.0 Å². The molecular formula is C24H23BrN2O3. The van der Waals surface area contributed by atoms with Gasteiger partial charge in [-0.2, -0.15) is 0 Å². The second-order valence-corrected chi connectivity index (χ2v) is 7.98. The molecule has 0 spiro atoms. The van der Waals surface area contributed by atoms with Gasteiger partial charge in [0.25, 0.3) is 0 Å². The Labute approximate surface area is 186 Å². The molecule has 5 nitrogen and oxygen atoms in total. The van der Waals surface area contributed by atoms with Gasteiger partial charge in [0.05, 0.1) is 6.54 Å². The number of aromatic nitrogens is 2. The van der Waals surface area contributed by atoms with Crippen molar-refractivity contribution in [3.63, 3.8) is 0 Å². The van der Waals surface area contributed by atoms with E-state index in [1.54, 1.807) is 47.3 Å². The maximum atomic E-state index is 13.2. The SMILES string of the molecule is Cc1ccc(C(=O)C[n+]2cn(CC(C)C)c3c2C(=O)c2ccccc2C3=O)cc1.[Br-]. The van der Waals surface area contributed by atoms with E-state index in [0.717, 1.165) is 5.56 Å². The summed E-state index contributed by atoms with van der Waals surface area (Å²) < 4.78 is 3.45. The van der Waals surface area contributed by atoms with E-state index in [-0.39, 0.29) is 46.8 Å². The van der Waals surface area contributed by atoms with Gasteiger partial charge in [-0.1, -0.05) is 67.9 Å². The highest BCUT2D eigenvalue weighted by Crippen LogP contribution is 2.26. The first-order chi connectivity index (χ1) is 13.9. The minimum absolute atomic E-state index is 0. The van der Waals surface area contributed by atoms with Crippen LogP contribution in [0.1, 0.15) is 61.9 Å². The molecule has 154 valence electrons. The highest BCUT2D eigenvalue weighted by atomic mass is 79.9. The number of carbonyl (C=O) groups excluding carboxylic acids is 3. The van der Waals surface area contributed by atoms with Gasteiger partial charge in [0.1, 0.15) is 0 Å². The summed E-state index contributed by atoms with van der Waals surface area (Å²) in [5.41, 5.74) is 3.15. The van der Waals surface area contributed by atoms with Gasteiger partial charge in [0.2, 0.25) is 35.1 Å². The Balaban J connectivity index is 0.00000256. The van der Waals surface area contributed by atoms with Crippen molar-refractivity contribution in [1.82, 2.24) is 4.57 Å². The molecule has 4 rings (SSSR count). The van der Waals surface area contributed by atoms with Gasteiger partial charge in [-0.3, -0.25) is 14.4 Å². The fourth-order valence-corrected chi connectivity index (χ4v) is 3.80. The van der Waals surface area contributed by atoms with Crippen molar-refractivity contribution in [3.05, 3.63) is 88.5 Å². The van der Waals surface area contributed by atoms with Crippen LogP contribution in [0.5, 0.6) is 0 Å². The zero-order valence-corrected chi connectivity index (χ0v) is 18.8. The number of Topliss-reactive ketones (excluding diaryl/α,β-unsaturated/α-hetero) is 1. The fourth-order valence-electron chi connectivity index (χ4n) is 3.80. The van der Waals surface area contributed by atoms with E-state index in [0.29, 0.717) is 34.6 Å². The van der Waals surface area contributed by atoms with E-state index < -0.39 is 0 Å². The van der Waals surface area contributed by atoms with Gasteiger partial charge in [0, 0.05) is 16.7 Å². The molecule has 1 aliphatic rings. The predicted molar refractivity (Wildman–Crippen MR) is 108 cm³/mol. The number of aryl methyl sites for hydroxylation is 1. The molecule has 0 N–H and O–H groups in total. The van der Waals surface area contributed by atoms with Crippen molar-refractivity contribution in [2.45, 2.75) is 33.9 Å². The van der Waals surface area contributed by atoms with Crippen molar-refractivity contribution in [3.8, 4) is 0 Å². The second-order valence-electron chi connectivity index (χ2n) is 7.98. The number of nitrogens with zero attached hydrogens (tertiary/aromatic N) is 2. The number of benzene rings is 2. The van der Waals surface area contributed by atoms with E-state index in [1.165, 1.54) is 0 Å². The van der Waals surface area contributed by atoms with E-state index in [1.807, 2.05) is 23.6 Å². The Morgan fingerprint density at radius 2 is 1.57 bits per heavy atom. The highest BCUT2D eigenvalue weighted by Gasteiger charge is 2.41. The Morgan fingerprint density at radius 1 is 0.967 bits per heavy atom. The van der Waals surface area contributed by atoms with Crippen LogP contribution in [0.4, 0.5) is 0 Å². The Hall–Kier alpha value is -2.86. The molecule has 0 radical (unpaired) electrons. The van der Waals surface area contributed by atoms with Crippen LogP contribution in [0.25, 0.3) is 0 Å². The van der Waals surface area contributed by atoms with E-state index in [4.69, 9.17) is 0 Å². The van der Waals surface area contributed by atoms with Gasteiger partial charge in [-0.05, 0) is 12.8 Å². The molecule has 0 saturated heterocycles. The van der Waals surface area contributed by atoms with Gasteiger partial charge in [0.15, 0.2) is 6.54 Å². The minimum Gasteiger partial charge on any atom is -1.00 e. The minimum atomic E-state index is -0.214. The van der Waals surface area contributed by atoms with E-state index in [9.17, 15) is 14.4 Å². The number of rotatable bonds is 5. The topological polar surface area (TPSA) is 60.0 Å². The zero-order chi connectivity index (χ0) is 20.7. The lowest BCUT2D eigenvalue weighted by atomic mass is 9.89. The summed E-state index contributed by atoms with van der Waals surface area (Å²) in [5, 5.41) is 0. The lowest BCUT2D eigenvalue weighted by Gasteiger charge is -2.13. The number of carbonyl (C=O) groups is 3. The van der Waals surface area contributed by atoms with Crippen molar-refractivity contribution in [2.75, 3.05) is 0 Å². The van der Waals surface area contributed by atoms with Crippen LogP contribution in [-0.2, 0) is 13.1 Å². The molecule has 0 aliphatic heterocycles. The number of fused-ring (bicyclic) bond motifs is 2. The van der Waals surface area contributed by atoms with Crippen LogP contribution in [0.2, 0.25) is 0 Å². The normalized spacial score (nSPS) is 12.4. The predicted octanol–water partition coefficient (Wildman–Crippen LogP) is 0.402. The number of imidazole rings is 1. The first-order valence-corrected chi connectivity index (χ1v) is 9.77. The second kappa shape index (κ2) is 8.48. The lowest BCUT2D eigenvalue weighted by Crippen LogP contribution is -3.00. The molecule has 0 fully saturated rings. The third kappa shape index (κ3) is 3.79. The zero-order valence-electron chi connectivity index (χ0n) is 17.2. The highest BCUT2D eigenvalue weighted by molar-refractivity contribution is 6.26. The number of halogens is 1. The summed E-state index contributed by atoms with van der Waals surface area (Å²) in [5.74, 6) is -0.196. The fraction of sp³-hybridized carbons (Fsp3) is 0.250. The molecule has 3 aromatic rings. The first kappa shape index (κ1) is 21.8. The third-order valence-corrected chi connectivity index (χ3v) is 5.17. The number of hydrogen-bond donors (Lipinski definition) is 0. The molecule has 1 aliphatic carbocycles. The smallest absolute Gasteiger partial charge is 0.245 e. The molecule has 0 bridgehead atoms. The average molecular weight is 467 g/mol. The van der Waals surface area contributed by atoms with Crippen LogP contribution < -0.4 is 21.5 Å². The third-order valence-electron chi connectivity index (χ3n) is 5.17. The monoisotopic (exact) mass is 466 g/mol. The van der Waals surface area contributed by atoms with Crippen LogP contribution in [0, 0.1) is 12.8 Å². The Kier molecular flexibility index (Phi) is 6.17. The maximum Gasteiger partial charge on any atom is 0.245 e. The van der Waals surface area contributed by atoms with Crippen LogP contribution in [0.3, 0.4) is 0 Å². The first-order valence-electron chi connectivity index (χ1n) is 9.77. The van der Waals surface area contributed by atoms with Crippen molar-refractivity contribution in [1.29, 1.82) is 0 Å². The van der Waals surface area contributed by atoms with Crippen LogP contribution >= 0.6 is 0 Å². The number of hydrogen-bond acceptors (Lipinski definition) is 3. The lowest BCUT2D eigenvalue weighted by molar-refractivity contribution is -0.684. The number of ketones is 3. The molecule has 0 saturated carbocycles. The maximum absolute atomic E-state index is 13.2. The summed E-state index contributed by atoms with van der Waals surface area (Å²) >= 11 is 0. The summed E-state index contributed by atoms with van der Waals surface area (Å²) in [4.78, 5) is 39.3. The molecule has 1 heterocycles. The molecule has 0 atom stereocenters. The van der Waals surface area contributed by atoms with Gasteiger partial charge in [-0.15, -0.1) is 0 Å². The Bertz CT molecular complexity index is 1140. The molecule has 1 aromatic heterocycles. The largest absolute Gasteiger partial charge is 1.00 e. The summed E-state index contributed by atoms with van der Waals surface area (Å²) in [6.07, 6.45) is 1.73. The van der Waals surface area contributed by atoms with E-state index in [2.05, 4.69) is 13.8 Å². The summed E-state index contributed by atoms with van der Waals surface area (Å²) in [7, 11) is 0. The standard InChI is InChI=1S/C24H23N2O3.BrH/c1-15(2)12-25-14-26(13-20(27)17-10-8-16(3)9-11-17)22-21(25)23(28)18-6-4-5-7-19(18)24(22)29;/h4-11,14-15H,12-13H2,1-3H3;1H/q+1;/p-1. The molecule has 0 amide bonds. The van der Waals surface area contributed by atoms with Crippen molar-refractivity contribution < 1.29 is 35.9 Å². The van der Waals surface area contributed by atoms with Crippen molar-refractivity contribution in [2.24, 2.45) is 5.92 Å². The summed E-state index contributed by atoms with van der Waals surface area (Å²) in [6.45, 7) is 6.68. The molecular weight excluding hydrogens is 444 g/mol. The molecule has 2 aromatic carbocycles. The average Bonchev–Trinajstić information content (AvgIpc) is 3.04.